The van der Waals surface area contributed by atoms with E-state index in [9.17, 15) is 22.8 Å². The van der Waals surface area contributed by atoms with Gasteiger partial charge in [0.15, 0.2) is 11.9 Å². The van der Waals surface area contributed by atoms with E-state index in [2.05, 4.69) is 10.2 Å². The predicted molar refractivity (Wildman–Crippen MR) is 133 cm³/mol. The van der Waals surface area contributed by atoms with Gasteiger partial charge in [0.2, 0.25) is 0 Å². The van der Waals surface area contributed by atoms with Gasteiger partial charge in [-0.15, -0.1) is 0 Å². The zero-order valence-electron chi connectivity index (χ0n) is 20.5. The summed E-state index contributed by atoms with van der Waals surface area (Å²) in [5.41, 5.74) is 6.42. The van der Waals surface area contributed by atoms with Crippen LogP contribution in [0.25, 0.3) is 0 Å². The first-order valence-corrected chi connectivity index (χ1v) is 12.7. The zero-order chi connectivity index (χ0) is 27.1. The summed E-state index contributed by atoms with van der Waals surface area (Å²) in [7, 11) is 0. The van der Waals surface area contributed by atoms with Crippen LogP contribution >= 0.6 is 11.6 Å². The first-order valence-electron chi connectivity index (χ1n) is 12.3. The number of anilines is 1. The lowest BCUT2D eigenvalue weighted by atomic mass is 9.99. The van der Waals surface area contributed by atoms with E-state index in [1.807, 2.05) is 0 Å². The van der Waals surface area contributed by atoms with Gasteiger partial charge in [0, 0.05) is 42.9 Å². The van der Waals surface area contributed by atoms with Crippen LogP contribution in [0.15, 0.2) is 29.2 Å². The molecule has 0 aliphatic carbocycles. The Morgan fingerprint density at radius 2 is 2.05 bits per heavy atom. The van der Waals surface area contributed by atoms with E-state index in [4.69, 9.17) is 22.1 Å². The fourth-order valence-electron chi connectivity index (χ4n) is 5.19. The second kappa shape index (κ2) is 10.4. The number of rotatable bonds is 6. The van der Waals surface area contributed by atoms with Gasteiger partial charge in [0.1, 0.15) is 10.8 Å². The number of fused-ring (bicyclic) bond motifs is 1. The number of hydrogen-bond acceptors (Lipinski definition) is 6. The number of halogens is 4. The van der Waals surface area contributed by atoms with Crippen LogP contribution in [0.4, 0.5) is 18.9 Å². The molecule has 5 rings (SSSR count). The number of benzene rings is 1. The third kappa shape index (κ3) is 4.66. The maximum atomic E-state index is 13.7. The van der Waals surface area contributed by atoms with Crippen molar-refractivity contribution in [2.45, 2.75) is 57.8 Å². The molecule has 202 valence electrons. The van der Waals surface area contributed by atoms with Gasteiger partial charge in [0.25, 0.3) is 17.9 Å². The number of hydrogen-bond donors (Lipinski definition) is 1. The molecule has 1 aromatic carbocycles. The molecule has 0 bridgehead atoms. The van der Waals surface area contributed by atoms with E-state index in [-0.39, 0.29) is 22.8 Å². The quantitative estimate of drug-likeness (QED) is 0.494. The molecule has 1 amide bonds. The highest BCUT2D eigenvalue weighted by Gasteiger charge is 2.32. The molecule has 38 heavy (non-hydrogen) atoms. The number of ether oxygens (including phenoxy) is 1. The molecule has 1 saturated heterocycles. The monoisotopic (exact) mass is 550 g/mol. The summed E-state index contributed by atoms with van der Waals surface area (Å²) in [6.45, 7) is 2.73. The lowest BCUT2D eigenvalue weighted by Gasteiger charge is -2.31. The average molecular weight is 551 g/mol. The molecule has 0 radical (unpaired) electrons. The van der Waals surface area contributed by atoms with Crippen molar-refractivity contribution < 1.29 is 22.7 Å². The Morgan fingerprint density at radius 3 is 2.74 bits per heavy atom. The van der Waals surface area contributed by atoms with Crippen molar-refractivity contribution in [1.29, 1.82) is 0 Å². The fraction of sp³-hybridized carbons (Fsp3) is 0.440. The van der Waals surface area contributed by atoms with E-state index < -0.39 is 41.5 Å². The number of alkyl halides is 2. The molecular weight excluding hydrogens is 525 g/mol. The average Bonchev–Trinajstić information content (AvgIpc) is 3.29. The molecule has 1 fully saturated rings. The Labute approximate surface area is 220 Å². The number of carbonyl (C=O) groups is 1. The van der Waals surface area contributed by atoms with Crippen LogP contribution in [0.1, 0.15) is 77.8 Å². The van der Waals surface area contributed by atoms with E-state index in [0.29, 0.717) is 42.9 Å². The SMILES string of the molecule is CC(c1ccc(F)cc1C(F)F)n1nc(C(N)=O)c2c1CCN(c1cnn(C3CCCCO3)c(=O)c1Cl)C2. The molecule has 2 unspecified atom stereocenters. The number of aromatic nitrogens is 4. The minimum atomic E-state index is -2.89. The summed E-state index contributed by atoms with van der Waals surface area (Å²) in [6, 6.07) is 2.49. The van der Waals surface area contributed by atoms with E-state index in [1.54, 1.807) is 11.8 Å². The second-order valence-electron chi connectivity index (χ2n) is 9.42. The van der Waals surface area contributed by atoms with Crippen molar-refractivity contribution in [3.63, 3.8) is 0 Å². The van der Waals surface area contributed by atoms with Crippen molar-refractivity contribution >= 4 is 23.2 Å². The number of primary amides is 1. The molecule has 13 heteroatoms. The van der Waals surface area contributed by atoms with Crippen LogP contribution in [-0.4, -0.2) is 38.6 Å². The van der Waals surface area contributed by atoms with Crippen molar-refractivity contribution in [1.82, 2.24) is 19.6 Å². The maximum Gasteiger partial charge on any atom is 0.290 e. The third-order valence-corrected chi connectivity index (χ3v) is 7.47. The summed E-state index contributed by atoms with van der Waals surface area (Å²) in [5.74, 6) is -1.55. The van der Waals surface area contributed by atoms with Crippen LogP contribution in [0.3, 0.4) is 0 Å². The molecule has 2 aliphatic heterocycles. The molecule has 0 spiro atoms. The summed E-state index contributed by atoms with van der Waals surface area (Å²) < 4.78 is 49.4. The summed E-state index contributed by atoms with van der Waals surface area (Å²) in [6.07, 6.45) is 0.996. The lowest BCUT2D eigenvalue weighted by Crippen LogP contribution is -2.36. The Kier molecular flexibility index (Phi) is 7.19. The van der Waals surface area contributed by atoms with Gasteiger partial charge >= 0.3 is 0 Å². The van der Waals surface area contributed by atoms with Gasteiger partial charge in [-0.2, -0.15) is 14.9 Å². The number of carbonyl (C=O) groups excluding carboxylic acids is 1. The Balaban J connectivity index is 1.49. The highest BCUT2D eigenvalue weighted by molar-refractivity contribution is 6.33. The smallest absolute Gasteiger partial charge is 0.290 e. The second-order valence-corrected chi connectivity index (χ2v) is 9.80. The van der Waals surface area contributed by atoms with Gasteiger partial charge in [-0.05, 0) is 43.9 Å². The zero-order valence-corrected chi connectivity index (χ0v) is 21.3. The highest BCUT2D eigenvalue weighted by Crippen LogP contribution is 2.35. The minimum absolute atomic E-state index is 0.00899. The lowest BCUT2D eigenvalue weighted by molar-refractivity contribution is -0.0424. The molecule has 3 aromatic rings. The van der Waals surface area contributed by atoms with Crippen LogP contribution in [-0.2, 0) is 17.7 Å². The fourth-order valence-corrected chi connectivity index (χ4v) is 5.45. The van der Waals surface area contributed by atoms with Gasteiger partial charge in [-0.1, -0.05) is 17.7 Å². The summed E-state index contributed by atoms with van der Waals surface area (Å²) >= 11 is 6.49. The van der Waals surface area contributed by atoms with Crippen LogP contribution in [0, 0.1) is 5.82 Å². The molecule has 0 saturated carbocycles. The van der Waals surface area contributed by atoms with E-state index in [0.717, 1.165) is 25.0 Å². The molecule has 2 N–H and O–H groups in total. The number of nitrogens with two attached hydrogens (primary N) is 1. The molecule has 4 heterocycles. The minimum Gasteiger partial charge on any atom is -0.364 e. The van der Waals surface area contributed by atoms with Crippen LogP contribution in [0.2, 0.25) is 5.02 Å². The van der Waals surface area contributed by atoms with E-state index in [1.165, 1.54) is 21.6 Å². The van der Waals surface area contributed by atoms with E-state index >= 15 is 0 Å². The molecule has 9 nitrogen and oxygen atoms in total. The van der Waals surface area contributed by atoms with Gasteiger partial charge in [-0.25, -0.2) is 13.2 Å². The van der Waals surface area contributed by atoms with Crippen molar-refractivity contribution in [2.24, 2.45) is 5.73 Å². The van der Waals surface area contributed by atoms with Gasteiger partial charge < -0.3 is 15.4 Å². The van der Waals surface area contributed by atoms with Gasteiger partial charge in [-0.3, -0.25) is 14.3 Å². The highest BCUT2D eigenvalue weighted by atomic mass is 35.5. The van der Waals surface area contributed by atoms with Crippen LogP contribution in [0.5, 0.6) is 0 Å². The number of nitrogens with zero attached hydrogens (tertiary/aromatic N) is 5. The molecular formula is C25H26ClF3N6O3. The number of amides is 1. The standard InChI is InChI=1S/C25H26ClF3N6O3/c1-13(15-6-5-14(27)10-16(15)23(28)29)34-18-7-8-33(12-17(18)22(32-34)24(30)36)19-11-31-35(25(37)21(19)26)20-4-2-3-9-38-20/h5-6,10-11,13,20,23H,2-4,7-9,12H2,1H3,(H2,30,36). The van der Waals surface area contributed by atoms with Gasteiger partial charge in [0.05, 0.1) is 17.9 Å². The molecule has 2 atom stereocenters. The Bertz CT molecular complexity index is 1440. The first kappa shape index (κ1) is 26.2. The van der Waals surface area contributed by atoms with Crippen molar-refractivity contribution in [3.8, 4) is 0 Å². The molecule has 2 aliphatic rings. The van der Waals surface area contributed by atoms with Crippen molar-refractivity contribution in [3.05, 3.63) is 73.7 Å². The third-order valence-electron chi connectivity index (χ3n) is 7.11. The maximum absolute atomic E-state index is 13.7. The largest absolute Gasteiger partial charge is 0.364 e. The normalized spacial score (nSPS) is 18.5. The van der Waals surface area contributed by atoms with Crippen molar-refractivity contribution in [2.75, 3.05) is 18.1 Å². The summed E-state index contributed by atoms with van der Waals surface area (Å²) in [4.78, 5) is 27.1. The predicted octanol–water partition coefficient (Wildman–Crippen LogP) is 4.14. The first-order chi connectivity index (χ1) is 18.2. The Morgan fingerprint density at radius 1 is 1.26 bits per heavy atom. The summed E-state index contributed by atoms with van der Waals surface area (Å²) in [5, 5.41) is 8.66. The van der Waals surface area contributed by atoms with Crippen LogP contribution < -0.4 is 16.2 Å². The Hall–Kier alpha value is -3.38. The molecule has 2 aromatic heterocycles. The topological polar surface area (TPSA) is 108 Å².